The molecule has 1 aliphatic heterocycles. The number of aryl methyl sites for hydroxylation is 2. The second kappa shape index (κ2) is 7.44. The summed E-state index contributed by atoms with van der Waals surface area (Å²) in [6, 6.07) is 12.0. The maximum absolute atomic E-state index is 11.6. The Bertz CT molecular complexity index is 1160. The standard InChI is InChI=1S/C21H20N4O2S/c1-13-4-5-14(2)16(8-13)10-23-25-18(12-28-21(25)22-3)15-6-7-19-17(9-15)24-20(26)11-27-19/h4-10,12H,11H2,1-3H3,(H,24,26). The molecule has 142 valence electrons. The van der Waals surface area contributed by atoms with Crippen LogP contribution in [0.25, 0.3) is 11.3 Å². The molecule has 1 aliphatic rings. The van der Waals surface area contributed by atoms with Crippen molar-refractivity contribution in [2.75, 3.05) is 19.0 Å². The molecule has 2 aromatic carbocycles. The van der Waals surface area contributed by atoms with Gasteiger partial charge < -0.3 is 10.1 Å². The Morgan fingerprint density at radius 2 is 2.07 bits per heavy atom. The third kappa shape index (κ3) is 3.48. The predicted molar refractivity (Wildman–Crippen MR) is 112 cm³/mol. The first kappa shape index (κ1) is 18.2. The Labute approximate surface area is 166 Å². The first-order valence-electron chi connectivity index (χ1n) is 8.87. The SMILES string of the molecule is CN=c1scc(-c2ccc3c(c2)NC(=O)CO3)n1N=Cc1cc(C)ccc1C. The van der Waals surface area contributed by atoms with Gasteiger partial charge in [0.1, 0.15) is 5.75 Å². The average molecular weight is 392 g/mol. The van der Waals surface area contributed by atoms with Crippen molar-refractivity contribution in [3.8, 4) is 17.0 Å². The quantitative estimate of drug-likeness (QED) is 0.693. The first-order chi connectivity index (χ1) is 13.5. The molecule has 4 rings (SSSR count). The molecule has 0 spiro atoms. The molecule has 2 heterocycles. The van der Waals surface area contributed by atoms with Crippen LogP contribution in [0, 0.1) is 13.8 Å². The zero-order chi connectivity index (χ0) is 19.7. The summed E-state index contributed by atoms with van der Waals surface area (Å²) in [5.41, 5.74) is 5.91. The number of ether oxygens (including phenoxy) is 1. The number of amides is 1. The largest absolute Gasteiger partial charge is 0.482 e. The molecule has 28 heavy (non-hydrogen) atoms. The van der Waals surface area contributed by atoms with Crippen molar-refractivity contribution in [2.45, 2.75) is 13.8 Å². The van der Waals surface area contributed by atoms with Gasteiger partial charge in [-0.05, 0) is 43.2 Å². The number of anilines is 1. The van der Waals surface area contributed by atoms with Crippen molar-refractivity contribution in [2.24, 2.45) is 10.1 Å². The van der Waals surface area contributed by atoms with E-state index in [0.717, 1.165) is 27.2 Å². The van der Waals surface area contributed by atoms with E-state index in [1.54, 1.807) is 7.05 Å². The number of fused-ring (bicyclic) bond motifs is 1. The van der Waals surface area contributed by atoms with Crippen LogP contribution in [-0.4, -0.2) is 30.5 Å². The fourth-order valence-corrected chi connectivity index (χ4v) is 3.83. The number of aromatic nitrogens is 1. The predicted octanol–water partition coefficient (Wildman–Crippen LogP) is 3.58. The average Bonchev–Trinajstić information content (AvgIpc) is 3.11. The van der Waals surface area contributed by atoms with E-state index in [-0.39, 0.29) is 12.5 Å². The number of nitrogens with zero attached hydrogens (tertiary/aromatic N) is 3. The molecule has 0 saturated carbocycles. The Balaban J connectivity index is 1.77. The van der Waals surface area contributed by atoms with Crippen molar-refractivity contribution in [3.05, 3.63) is 63.3 Å². The monoisotopic (exact) mass is 392 g/mol. The van der Waals surface area contributed by atoms with E-state index < -0.39 is 0 Å². The molecule has 1 N–H and O–H groups in total. The van der Waals surface area contributed by atoms with Gasteiger partial charge in [-0.3, -0.25) is 9.79 Å². The number of carbonyl (C=O) groups is 1. The van der Waals surface area contributed by atoms with E-state index in [1.165, 1.54) is 16.9 Å². The third-order valence-electron chi connectivity index (χ3n) is 4.53. The van der Waals surface area contributed by atoms with Crippen LogP contribution in [0.15, 0.2) is 51.9 Å². The second-order valence-electron chi connectivity index (χ2n) is 6.59. The molecule has 0 aliphatic carbocycles. The summed E-state index contributed by atoms with van der Waals surface area (Å²) in [5, 5.41) is 9.56. The highest BCUT2D eigenvalue weighted by Crippen LogP contribution is 2.32. The van der Waals surface area contributed by atoms with Crippen molar-refractivity contribution < 1.29 is 9.53 Å². The molecule has 0 bridgehead atoms. The lowest BCUT2D eigenvalue weighted by atomic mass is 10.1. The van der Waals surface area contributed by atoms with Crippen LogP contribution in [-0.2, 0) is 4.79 Å². The summed E-state index contributed by atoms with van der Waals surface area (Å²) in [6.45, 7) is 4.18. The zero-order valence-corrected chi connectivity index (χ0v) is 16.7. The summed E-state index contributed by atoms with van der Waals surface area (Å²) < 4.78 is 7.27. The molecule has 0 radical (unpaired) electrons. The van der Waals surface area contributed by atoms with Crippen LogP contribution in [0.5, 0.6) is 5.75 Å². The molecule has 0 saturated heterocycles. The molecule has 0 unspecified atom stereocenters. The van der Waals surface area contributed by atoms with Gasteiger partial charge in [-0.2, -0.15) is 5.10 Å². The Kier molecular flexibility index (Phi) is 4.83. The molecule has 7 heteroatoms. The van der Waals surface area contributed by atoms with Gasteiger partial charge in [0.15, 0.2) is 6.61 Å². The highest BCUT2D eigenvalue weighted by Gasteiger charge is 2.17. The van der Waals surface area contributed by atoms with E-state index >= 15 is 0 Å². The van der Waals surface area contributed by atoms with Gasteiger partial charge >= 0.3 is 0 Å². The van der Waals surface area contributed by atoms with Crippen LogP contribution in [0.3, 0.4) is 0 Å². The van der Waals surface area contributed by atoms with Crippen LogP contribution < -0.4 is 14.9 Å². The highest BCUT2D eigenvalue weighted by molar-refractivity contribution is 7.07. The summed E-state index contributed by atoms with van der Waals surface area (Å²) in [7, 11) is 1.75. The molecule has 6 nitrogen and oxygen atoms in total. The van der Waals surface area contributed by atoms with E-state index in [4.69, 9.17) is 9.84 Å². The number of nitrogens with one attached hydrogen (secondary N) is 1. The van der Waals surface area contributed by atoms with E-state index in [0.29, 0.717) is 11.4 Å². The maximum Gasteiger partial charge on any atom is 0.262 e. The topological polar surface area (TPSA) is 68.0 Å². The fourth-order valence-electron chi connectivity index (χ4n) is 3.02. The van der Waals surface area contributed by atoms with Gasteiger partial charge in [0.05, 0.1) is 17.6 Å². The van der Waals surface area contributed by atoms with E-state index in [1.807, 2.05) is 34.5 Å². The van der Waals surface area contributed by atoms with Crippen molar-refractivity contribution in [1.29, 1.82) is 0 Å². The highest BCUT2D eigenvalue weighted by atomic mass is 32.1. The van der Waals surface area contributed by atoms with Gasteiger partial charge in [-0.25, -0.2) is 4.68 Å². The van der Waals surface area contributed by atoms with Crippen LogP contribution >= 0.6 is 11.3 Å². The summed E-state index contributed by atoms with van der Waals surface area (Å²) in [4.78, 5) is 16.8. The number of carbonyl (C=O) groups excluding carboxylic acids is 1. The minimum Gasteiger partial charge on any atom is -0.482 e. The smallest absolute Gasteiger partial charge is 0.262 e. The first-order valence-corrected chi connectivity index (χ1v) is 9.75. The molecule has 1 aromatic heterocycles. The van der Waals surface area contributed by atoms with Crippen LogP contribution in [0.4, 0.5) is 5.69 Å². The van der Waals surface area contributed by atoms with Crippen LogP contribution in [0.2, 0.25) is 0 Å². The number of hydrogen-bond acceptors (Lipinski definition) is 5. The van der Waals surface area contributed by atoms with Gasteiger partial charge in [0.2, 0.25) is 4.80 Å². The van der Waals surface area contributed by atoms with Gasteiger partial charge in [-0.1, -0.05) is 23.8 Å². The molecule has 0 atom stereocenters. The number of rotatable bonds is 3. The normalized spacial score (nSPS) is 14.1. The minimum absolute atomic E-state index is 0.0454. The lowest BCUT2D eigenvalue weighted by Gasteiger charge is -2.18. The van der Waals surface area contributed by atoms with Crippen molar-refractivity contribution >= 4 is 29.1 Å². The number of benzene rings is 2. The number of thiazole rings is 1. The Morgan fingerprint density at radius 3 is 2.89 bits per heavy atom. The lowest BCUT2D eigenvalue weighted by molar-refractivity contribution is -0.118. The zero-order valence-electron chi connectivity index (χ0n) is 15.9. The number of hydrogen-bond donors (Lipinski definition) is 1. The molecule has 0 fully saturated rings. The van der Waals surface area contributed by atoms with Crippen molar-refractivity contribution in [1.82, 2.24) is 4.68 Å². The lowest BCUT2D eigenvalue weighted by Crippen LogP contribution is -2.25. The molecular weight excluding hydrogens is 372 g/mol. The summed E-state index contributed by atoms with van der Waals surface area (Å²) in [6.07, 6.45) is 1.86. The van der Waals surface area contributed by atoms with Gasteiger partial charge in [0.25, 0.3) is 5.91 Å². The maximum atomic E-state index is 11.6. The third-order valence-corrected chi connectivity index (χ3v) is 5.44. The molecular formula is C21H20N4O2S. The summed E-state index contributed by atoms with van der Waals surface area (Å²) in [5.74, 6) is 0.518. The Hall–Kier alpha value is -3.19. The van der Waals surface area contributed by atoms with Gasteiger partial charge in [-0.15, -0.1) is 11.3 Å². The minimum atomic E-state index is -0.153. The van der Waals surface area contributed by atoms with Crippen molar-refractivity contribution in [3.63, 3.8) is 0 Å². The second-order valence-corrected chi connectivity index (χ2v) is 7.43. The van der Waals surface area contributed by atoms with E-state index in [9.17, 15) is 4.79 Å². The van der Waals surface area contributed by atoms with Crippen LogP contribution in [0.1, 0.15) is 16.7 Å². The Morgan fingerprint density at radius 1 is 1.21 bits per heavy atom. The summed E-state index contributed by atoms with van der Waals surface area (Å²) >= 11 is 1.52. The van der Waals surface area contributed by atoms with Gasteiger partial charge in [0, 0.05) is 18.0 Å². The molecule has 1 amide bonds. The fraction of sp³-hybridized carbons (Fsp3) is 0.190. The molecule has 3 aromatic rings. The van der Waals surface area contributed by atoms with E-state index in [2.05, 4.69) is 42.4 Å².